The van der Waals surface area contributed by atoms with E-state index in [1.807, 2.05) is 20.0 Å². The molecule has 9 heteroatoms. The first kappa shape index (κ1) is 18.6. The fourth-order valence-corrected chi connectivity index (χ4v) is 4.06. The minimum absolute atomic E-state index is 0.335. The molecule has 2 aliphatic rings. The second-order valence-corrected chi connectivity index (χ2v) is 7.61. The van der Waals surface area contributed by atoms with E-state index in [9.17, 15) is 0 Å². The third kappa shape index (κ3) is 4.23. The van der Waals surface area contributed by atoms with E-state index in [1.54, 1.807) is 12.4 Å². The van der Waals surface area contributed by atoms with E-state index in [2.05, 4.69) is 45.3 Å². The third-order valence-corrected chi connectivity index (χ3v) is 5.61. The van der Waals surface area contributed by atoms with Crippen LogP contribution in [-0.2, 0) is 13.0 Å². The number of rotatable bonds is 4. The van der Waals surface area contributed by atoms with Gasteiger partial charge in [0.25, 0.3) is 0 Å². The molecule has 2 aromatic heterocycles. The lowest BCUT2D eigenvalue weighted by atomic mass is 9.99. The smallest absolute Gasteiger partial charge is 0.225 e. The summed E-state index contributed by atoms with van der Waals surface area (Å²) in [7, 11) is 1.83. The highest BCUT2D eigenvalue weighted by Crippen LogP contribution is 2.19. The summed E-state index contributed by atoms with van der Waals surface area (Å²) in [5, 5.41) is 15.5. The van der Waals surface area contributed by atoms with Crippen LogP contribution in [0.3, 0.4) is 0 Å². The molecule has 2 aliphatic heterocycles. The summed E-state index contributed by atoms with van der Waals surface area (Å²) in [6, 6.07) is 2.19. The zero-order valence-electron chi connectivity index (χ0n) is 16.7. The van der Waals surface area contributed by atoms with Crippen molar-refractivity contribution in [3.63, 3.8) is 0 Å². The highest BCUT2D eigenvalue weighted by atomic mass is 15.3. The van der Waals surface area contributed by atoms with Gasteiger partial charge < -0.3 is 20.1 Å². The van der Waals surface area contributed by atoms with Crippen molar-refractivity contribution in [1.82, 2.24) is 35.4 Å². The van der Waals surface area contributed by atoms with Crippen LogP contribution >= 0.6 is 0 Å². The predicted octanol–water partition coefficient (Wildman–Crippen LogP) is 0.773. The van der Waals surface area contributed by atoms with Crippen LogP contribution in [-0.4, -0.2) is 63.4 Å². The molecule has 0 spiro atoms. The molecule has 0 saturated carbocycles. The summed E-state index contributed by atoms with van der Waals surface area (Å²) in [6.07, 6.45) is 7.96. The molecule has 2 atom stereocenters. The van der Waals surface area contributed by atoms with Gasteiger partial charge in [0, 0.05) is 58.1 Å². The number of nitrogens with zero attached hydrogens (tertiary/aromatic N) is 7. The maximum atomic E-state index is 4.43. The molecule has 2 unspecified atom stereocenters. The van der Waals surface area contributed by atoms with Crippen LogP contribution in [0.2, 0.25) is 0 Å². The first-order valence-corrected chi connectivity index (χ1v) is 10.1. The summed E-state index contributed by atoms with van der Waals surface area (Å²) in [4.78, 5) is 15.4. The molecule has 0 aromatic carbocycles. The van der Waals surface area contributed by atoms with Crippen molar-refractivity contribution in [3.05, 3.63) is 30.1 Å². The number of hydrogen-bond acceptors (Lipinski definition) is 6. The quantitative estimate of drug-likeness (QED) is 0.595. The monoisotopic (exact) mass is 383 g/mol. The van der Waals surface area contributed by atoms with Crippen molar-refractivity contribution in [2.24, 2.45) is 10.9 Å². The summed E-state index contributed by atoms with van der Waals surface area (Å²) in [5.74, 6) is 4.35. The molecule has 4 rings (SSSR count). The molecule has 28 heavy (non-hydrogen) atoms. The van der Waals surface area contributed by atoms with Crippen molar-refractivity contribution in [3.8, 4) is 0 Å². The molecule has 0 aliphatic carbocycles. The Balaban J connectivity index is 1.28. The van der Waals surface area contributed by atoms with Gasteiger partial charge in [-0.15, -0.1) is 10.2 Å². The Bertz CT molecular complexity index is 801. The van der Waals surface area contributed by atoms with E-state index in [4.69, 9.17) is 0 Å². The van der Waals surface area contributed by atoms with Crippen molar-refractivity contribution < 1.29 is 0 Å². The van der Waals surface area contributed by atoms with Gasteiger partial charge in [0.2, 0.25) is 5.95 Å². The maximum Gasteiger partial charge on any atom is 0.225 e. The first-order valence-electron chi connectivity index (χ1n) is 10.1. The van der Waals surface area contributed by atoms with Crippen LogP contribution in [0.4, 0.5) is 5.95 Å². The van der Waals surface area contributed by atoms with E-state index < -0.39 is 0 Å². The summed E-state index contributed by atoms with van der Waals surface area (Å²) >= 11 is 0. The van der Waals surface area contributed by atoms with Gasteiger partial charge in [-0.1, -0.05) is 0 Å². The van der Waals surface area contributed by atoms with Gasteiger partial charge in [0.15, 0.2) is 5.96 Å². The molecular weight excluding hydrogens is 354 g/mol. The molecule has 1 saturated heterocycles. The van der Waals surface area contributed by atoms with Gasteiger partial charge in [-0.05, 0) is 38.2 Å². The van der Waals surface area contributed by atoms with Crippen LogP contribution in [0.1, 0.15) is 30.9 Å². The van der Waals surface area contributed by atoms with Gasteiger partial charge >= 0.3 is 0 Å². The highest BCUT2D eigenvalue weighted by Gasteiger charge is 2.24. The number of aryl methyl sites for hydroxylation is 2. The van der Waals surface area contributed by atoms with E-state index >= 15 is 0 Å². The maximum absolute atomic E-state index is 4.43. The van der Waals surface area contributed by atoms with E-state index in [-0.39, 0.29) is 0 Å². The standard InChI is InChI=1S/C19H29N9/c1-14-25-26-17-7-6-15(12-28(14)17)11-23-18(20-2)24-16-5-3-10-27(13-16)19-21-8-4-9-22-19/h4,8-9,15-16H,3,5-7,10-13H2,1-2H3,(H2,20,23,24). The number of hydrogen-bond donors (Lipinski definition) is 2. The Kier molecular flexibility index (Phi) is 5.68. The summed E-state index contributed by atoms with van der Waals surface area (Å²) in [5.41, 5.74) is 0. The van der Waals surface area contributed by atoms with E-state index in [0.29, 0.717) is 12.0 Å². The Morgan fingerprint density at radius 1 is 1.21 bits per heavy atom. The zero-order chi connectivity index (χ0) is 19.3. The third-order valence-electron chi connectivity index (χ3n) is 5.61. The Labute approximate surface area is 165 Å². The lowest BCUT2D eigenvalue weighted by Crippen LogP contribution is -2.52. The second kappa shape index (κ2) is 8.53. The molecule has 1 fully saturated rings. The number of piperidine rings is 1. The fourth-order valence-electron chi connectivity index (χ4n) is 4.06. The molecule has 2 N–H and O–H groups in total. The normalized spacial score (nSPS) is 22.6. The van der Waals surface area contributed by atoms with Crippen molar-refractivity contribution in [2.75, 3.05) is 31.6 Å². The number of fused-ring (bicyclic) bond motifs is 1. The minimum Gasteiger partial charge on any atom is -0.356 e. The number of guanidine groups is 1. The highest BCUT2D eigenvalue weighted by molar-refractivity contribution is 5.80. The van der Waals surface area contributed by atoms with Crippen LogP contribution in [0.5, 0.6) is 0 Å². The Morgan fingerprint density at radius 3 is 2.89 bits per heavy atom. The predicted molar refractivity (Wildman–Crippen MR) is 108 cm³/mol. The minimum atomic E-state index is 0.335. The first-order chi connectivity index (χ1) is 13.7. The SMILES string of the molecule is CN=C(NCC1CCc2nnc(C)n2C1)NC1CCCN(c2ncccn2)C1. The lowest BCUT2D eigenvalue weighted by molar-refractivity contribution is 0.357. The Morgan fingerprint density at radius 2 is 2.07 bits per heavy atom. The van der Waals surface area contributed by atoms with Crippen molar-refractivity contribution in [1.29, 1.82) is 0 Å². The molecular formula is C19H29N9. The van der Waals surface area contributed by atoms with Crippen LogP contribution in [0.25, 0.3) is 0 Å². The second-order valence-electron chi connectivity index (χ2n) is 7.61. The molecule has 4 heterocycles. The van der Waals surface area contributed by atoms with Crippen LogP contribution in [0.15, 0.2) is 23.5 Å². The summed E-state index contributed by atoms with van der Waals surface area (Å²) < 4.78 is 2.24. The molecule has 2 aromatic rings. The van der Waals surface area contributed by atoms with Gasteiger partial charge in [-0.25, -0.2) is 9.97 Å². The van der Waals surface area contributed by atoms with Gasteiger partial charge in [0.05, 0.1) is 0 Å². The van der Waals surface area contributed by atoms with Crippen molar-refractivity contribution in [2.45, 2.75) is 45.2 Å². The molecule has 0 radical (unpaired) electrons. The molecule has 0 amide bonds. The van der Waals surface area contributed by atoms with Crippen molar-refractivity contribution >= 4 is 11.9 Å². The average Bonchev–Trinajstić information content (AvgIpc) is 3.12. The fraction of sp³-hybridized carbons (Fsp3) is 0.632. The van der Waals surface area contributed by atoms with Crippen LogP contribution < -0.4 is 15.5 Å². The van der Waals surface area contributed by atoms with Gasteiger partial charge in [-0.3, -0.25) is 4.99 Å². The summed E-state index contributed by atoms with van der Waals surface area (Å²) in [6.45, 7) is 5.78. The Hall–Kier alpha value is -2.71. The van der Waals surface area contributed by atoms with E-state index in [0.717, 1.165) is 75.4 Å². The number of aromatic nitrogens is 5. The number of anilines is 1. The van der Waals surface area contributed by atoms with Gasteiger partial charge in [-0.2, -0.15) is 0 Å². The largest absolute Gasteiger partial charge is 0.356 e. The molecule has 150 valence electrons. The average molecular weight is 384 g/mol. The van der Waals surface area contributed by atoms with E-state index in [1.165, 1.54) is 0 Å². The lowest BCUT2D eigenvalue weighted by Gasteiger charge is -2.34. The molecule has 0 bridgehead atoms. The van der Waals surface area contributed by atoms with Crippen LogP contribution in [0, 0.1) is 12.8 Å². The molecule has 9 nitrogen and oxygen atoms in total. The zero-order valence-corrected chi connectivity index (χ0v) is 16.7. The topological polar surface area (TPSA) is 96.1 Å². The number of aliphatic imine (C=N–C) groups is 1. The van der Waals surface area contributed by atoms with Gasteiger partial charge in [0.1, 0.15) is 11.6 Å². The number of nitrogens with one attached hydrogen (secondary N) is 2.